The average molecular weight is 151 g/mol. The van der Waals surface area contributed by atoms with Crippen molar-refractivity contribution in [3.63, 3.8) is 0 Å². The Bertz CT molecular complexity index is 268. The lowest BCUT2D eigenvalue weighted by Gasteiger charge is -1.87. The monoisotopic (exact) mass is 151 g/mol. The first-order chi connectivity index (χ1) is 5.20. The fourth-order valence-corrected chi connectivity index (χ4v) is 0.759. The van der Waals surface area contributed by atoms with Crippen LogP contribution in [-0.2, 0) is 0 Å². The number of nitrogens with two attached hydrogens (primary N) is 2. The van der Waals surface area contributed by atoms with Crippen molar-refractivity contribution in [3.8, 4) is 0 Å². The van der Waals surface area contributed by atoms with Gasteiger partial charge in [0, 0.05) is 11.8 Å². The Hall–Kier alpha value is -1.51. The molecule has 1 rings (SSSR count). The first-order valence-corrected chi connectivity index (χ1v) is 3.30. The van der Waals surface area contributed by atoms with Crippen LogP contribution in [0.3, 0.4) is 0 Å². The van der Waals surface area contributed by atoms with Gasteiger partial charge in [-0.25, -0.2) is 0 Å². The van der Waals surface area contributed by atoms with Gasteiger partial charge in [0.05, 0.1) is 6.26 Å². The minimum absolute atomic E-state index is 0.551. The van der Waals surface area contributed by atoms with E-state index in [1.165, 1.54) is 0 Å². The summed E-state index contributed by atoms with van der Waals surface area (Å²) in [4.78, 5) is 0. The molecule has 0 amide bonds. The van der Waals surface area contributed by atoms with Crippen LogP contribution < -0.4 is 11.1 Å². The molecule has 11 heavy (non-hydrogen) atoms. The van der Waals surface area contributed by atoms with Crippen LogP contribution in [0, 0.1) is 0 Å². The Morgan fingerprint density at radius 3 is 2.91 bits per heavy atom. The van der Waals surface area contributed by atoms with Gasteiger partial charge in [0.25, 0.3) is 0 Å². The summed E-state index contributed by atoms with van der Waals surface area (Å²) in [6.45, 7) is 1.77. The molecule has 0 radical (unpaired) electrons. The summed E-state index contributed by atoms with van der Waals surface area (Å²) < 4.78 is 5.03. The predicted molar refractivity (Wildman–Crippen MR) is 42.7 cm³/mol. The fourth-order valence-electron chi connectivity index (χ4n) is 0.759. The molecule has 0 spiro atoms. The second-order valence-electron chi connectivity index (χ2n) is 2.32. The smallest absolute Gasteiger partial charge is 0.241 e. The molecule has 4 N–H and O–H groups in total. The van der Waals surface area contributed by atoms with Gasteiger partial charge in [0.1, 0.15) is 0 Å². The molecule has 3 nitrogen and oxygen atoms in total. The maximum absolute atomic E-state index is 5.61. The van der Waals surface area contributed by atoms with Gasteiger partial charge in [-0.05, 0) is 19.1 Å². The van der Waals surface area contributed by atoms with Crippen molar-refractivity contribution in [1.29, 1.82) is 0 Å². The molecule has 0 aliphatic heterocycles. The van der Waals surface area contributed by atoms with E-state index in [1.807, 2.05) is 0 Å². The molecule has 0 saturated heterocycles. The highest BCUT2D eigenvalue weighted by molar-refractivity contribution is 6.02. The van der Waals surface area contributed by atoms with Crippen LogP contribution in [0.4, 0.5) is 0 Å². The Morgan fingerprint density at radius 2 is 2.45 bits per heavy atom. The van der Waals surface area contributed by atoms with Crippen LogP contribution in [0.15, 0.2) is 34.6 Å². The highest BCUT2D eigenvalue weighted by atomic mass is 16.3. The molecular formula is C8H11N2O+. The average Bonchev–Trinajstić information content (AvgIpc) is 2.35. The van der Waals surface area contributed by atoms with Gasteiger partial charge in [-0.2, -0.15) is 0 Å². The molecule has 0 aliphatic rings. The lowest BCUT2D eigenvalue weighted by Crippen LogP contribution is -2.39. The summed E-state index contributed by atoms with van der Waals surface area (Å²) in [5, 5.41) is 5.61. The second-order valence-corrected chi connectivity index (χ2v) is 2.32. The highest BCUT2D eigenvalue weighted by Crippen LogP contribution is 2.00. The normalized spacial score (nSPS) is 11.5. The largest absolute Gasteiger partial charge is 0.458 e. The van der Waals surface area contributed by atoms with E-state index in [2.05, 4.69) is 0 Å². The Kier molecular flexibility index (Phi) is 2.11. The molecule has 1 heterocycles. The van der Waals surface area contributed by atoms with Crippen molar-refractivity contribution in [2.75, 3.05) is 0 Å². The lowest BCUT2D eigenvalue weighted by molar-refractivity contribution is -0.112. The number of rotatable bonds is 2. The zero-order chi connectivity index (χ0) is 8.27. The van der Waals surface area contributed by atoms with Crippen molar-refractivity contribution in [3.05, 3.63) is 35.9 Å². The SMILES string of the molecule is CC(N)=CC(=[NH2+])c1ccco1. The molecule has 0 aliphatic carbocycles. The van der Waals surface area contributed by atoms with Crippen LogP contribution in [0.5, 0.6) is 0 Å². The summed E-state index contributed by atoms with van der Waals surface area (Å²) in [5.74, 6) is 0.648. The maximum atomic E-state index is 5.61. The number of allylic oxidation sites excluding steroid dienone is 2. The first-order valence-electron chi connectivity index (χ1n) is 3.30. The zero-order valence-corrected chi connectivity index (χ0v) is 6.37. The minimum atomic E-state index is 0.551. The maximum Gasteiger partial charge on any atom is 0.241 e. The zero-order valence-electron chi connectivity index (χ0n) is 6.37. The topological polar surface area (TPSA) is 64.8 Å². The molecule has 3 heteroatoms. The third kappa shape index (κ3) is 1.97. The fraction of sp³-hybridized carbons (Fsp3) is 0.125. The van der Waals surface area contributed by atoms with E-state index in [0.29, 0.717) is 17.2 Å². The Morgan fingerprint density at radius 1 is 1.73 bits per heavy atom. The Labute approximate surface area is 65.0 Å². The van der Waals surface area contributed by atoms with Gasteiger partial charge < -0.3 is 10.2 Å². The summed E-state index contributed by atoms with van der Waals surface area (Å²) in [6, 6.07) is 3.57. The molecule has 58 valence electrons. The van der Waals surface area contributed by atoms with E-state index in [9.17, 15) is 0 Å². The summed E-state index contributed by atoms with van der Waals surface area (Å²) in [6.07, 6.45) is 3.24. The van der Waals surface area contributed by atoms with Crippen LogP contribution in [0.1, 0.15) is 12.7 Å². The highest BCUT2D eigenvalue weighted by Gasteiger charge is 2.05. The van der Waals surface area contributed by atoms with Crippen LogP contribution in [-0.4, -0.2) is 5.71 Å². The van der Waals surface area contributed by atoms with E-state index >= 15 is 0 Å². The quantitative estimate of drug-likeness (QED) is 0.569. The van der Waals surface area contributed by atoms with Crippen molar-refractivity contribution in [1.82, 2.24) is 0 Å². The summed E-state index contributed by atoms with van der Waals surface area (Å²) in [5.41, 5.74) is 6.63. The Balaban J connectivity index is 2.80. The van der Waals surface area contributed by atoms with Crippen molar-refractivity contribution >= 4 is 5.71 Å². The molecule has 0 atom stereocenters. The third-order valence-electron chi connectivity index (χ3n) is 1.19. The minimum Gasteiger partial charge on any atom is -0.458 e. The molecule has 0 bridgehead atoms. The predicted octanol–water partition coefficient (Wildman–Crippen LogP) is -0.310. The van der Waals surface area contributed by atoms with Crippen LogP contribution in [0.2, 0.25) is 0 Å². The summed E-state index contributed by atoms with van der Waals surface area (Å²) >= 11 is 0. The number of furan rings is 1. The van der Waals surface area contributed by atoms with Gasteiger partial charge >= 0.3 is 0 Å². The standard InChI is InChI=1S/C8H10N2O/c1-6(9)5-7(10)8-3-2-4-11-8/h2-5,10H,9H2,1H3/p+1. The summed E-state index contributed by atoms with van der Waals surface area (Å²) in [7, 11) is 0. The van der Waals surface area contributed by atoms with Crippen molar-refractivity contribution in [2.45, 2.75) is 6.92 Å². The van der Waals surface area contributed by atoms with E-state index in [-0.39, 0.29) is 0 Å². The molecule has 1 aromatic heterocycles. The first kappa shape index (κ1) is 7.60. The molecule has 1 aromatic rings. The molecular weight excluding hydrogens is 140 g/mol. The van der Waals surface area contributed by atoms with Crippen molar-refractivity contribution < 1.29 is 9.83 Å². The van der Waals surface area contributed by atoms with Crippen molar-refractivity contribution in [2.24, 2.45) is 5.73 Å². The molecule has 0 aromatic carbocycles. The lowest BCUT2D eigenvalue weighted by atomic mass is 10.2. The molecule has 0 unspecified atom stereocenters. The van der Waals surface area contributed by atoms with Gasteiger partial charge in [0.2, 0.25) is 5.71 Å². The third-order valence-corrected chi connectivity index (χ3v) is 1.19. The van der Waals surface area contributed by atoms with E-state index < -0.39 is 0 Å². The van der Waals surface area contributed by atoms with Gasteiger partial charge in [0.15, 0.2) is 5.76 Å². The molecule has 0 fully saturated rings. The van der Waals surface area contributed by atoms with E-state index in [4.69, 9.17) is 15.6 Å². The number of hydrogen-bond donors (Lipinski definition) is 2. The van der Waals surface area contributed by atoms with Crippen LogP contribution in [0.25, 0.3) is 0 Å². The van der Waals surface area contributed by atoms with Gasteiger partial charge in [-0.15, -0.1) is 0 Å². The number of hydrogen-bond acceptors (Lipinski definition) is 2. The molecule has 0 saturated carbocycles. The van der Waals surface area contributed by atoms with E-state index in [1.54, 1.807) is 31.4 Å². The van der Waals surface area contributed by atoms with Gasteiger partial charge in [-0.3, -0.25) is 5.41 Å². The van der Waals surface area contributed by atoms with Crippen LogP contribution >= 0.6 is 0 Å². The second kappa shape index (κ2) is 3.05. The van der Waals surface area contributed by atoms with E-state index in [0.717, 1.165) is 0 Å². The van der Waals surface area contributed by atoms with Gasteiger partial charge in [-0.1, -0.05) is 0 Å².